The van der Waals surface area contributed by atoms with Crippen molar-refractivity contribution in [1.82, 2.24) is 0 Å². The summed E-state index contributed by atoms with van der Waals surface area (Å²) in [5.74, 6) is -0.195. The van der Waals surface area contributed by atoms with Crippen molar-refractivity contribution in [2.45, 2.75) is 45.8 Å². The molecule has 1 heterocycles. The number of halogens is 1. The maximum atomic E-state index is 12.0. The second-order valence-corrected chi connectivity index (χ2v) is 9.10. The molecular formula is C19H25BClNO5S. The summed E-state index contributed by atoms with van der Waals surface area (Å²) in [6, 6.07) is 3.06. The van der Waals surface area contributed by atoms with Gasteiger partial charge in [-0.1, -0.05) is 29.4 Å². The minimum Gasteiger partial charge on any atom is -0.465 e. The van der Waals surface area contributed by atoms with Crippen molar-refractivity contribution in [2.24, 2.45) is 0 Å². The lowest BCUT2D eigenvalue weighted by Gasteiger charge is -2.32. The summed E-state index contributed by atoms with van der Waals surface area (Å²) in [5.41, 5.74) is 6.55. The predicted molar refractivity (Wildman–Crippen MR) is 114 cm³/mol. The molecular weight excluding hydrogens is 401 g/mol. The van der Waals surface area contributed by atoms with Crippen molar-refractivity contribution in [3.63, 3.8) is 0 Å². The Kier molecular flexibility index (Phi) is 6.92. The van der Waals surface area contributed by atoms with Crippen LogP contribution in [0.3, 0.4) is 0 Å². The standard InChI is InChI=1S/C19H25BClNO5S/c1-11(23)28-10-13(20-26-18(2,3)19(4,5)27-20)7-12-8-14(17(24)25-6)16(22)9-15(12)21/h7-9H,10,22H2,1-6H3. The fourth-order valence-electron chi connectivity index (χ4n) is 2.56. The van der Waals surface area contributed by atoms with E-state index < -0.39 is 24.3 Å². The number of rotatable bonds is 5. The molecule has 0 radical (unpaired) electrons. The highest BCUT2D eigenvalue weighted by molar-refractivity contribution is 8.13. The average Bonchev–Trinajstić information content (AvgIpc) is 2.80. The lowest BCUT2D eigenvalue weighted by molar-refractivity contribution is -0.109. The zero-order valence-corrected chi connectivity index (χ0v) is 18.5. The molecule has 0 spiro atoms. The van der Waals surface area contributed by atoms with Crippen LogP contribution in [0.5, 0.6) is 0 Å². The van der Waals surface area contributed by atoms with Gasteiger partial charge in [-0.15, -0.1) is 0 Å². The summed E-state index contributed by atoms with van der Waals surface area (Å²) in [4.78, 5) is 23.5. The first-order valence-corrected chi connectivity index (χ1v) is 10.1. The molecule has 9 heteroatoms. The smallest absolute Gasteiger partial charge is 0.465 e. The number of nitrogen functional groups attached to an aromatic ring is 1. The molecule has 0 unspecified atom stereocenters. The van der Waals surface area contributed by atoms with E-state index in [9.17, 15) is 9.59 Å². The molecule has 1 aromatic rings. The number of anilines is 1. The fraction of sp³-hybridized carbons (Fsp3) is 0.474. The number of carbonyl (C=O) groups is 2. The van der Waals surface area contributed by atoms with Crippen LogP contribution in [0.15, 0.2) is 17.6 Å². The lowest BCUT2D eigenvalue weighted by Crippen LogP contribution is -2.41. The SMILES string of the molecule is COC(=O)c1cc(C=C(CSC(C)=O)B2OC(C)(C)C(C)(C)O2)c(Cl)cc1N. The third-order valence-electron chi connectivity index (χ3n) is 4.91. The predicted octanol–water partition coefficient (Wildman–Crippen LogP) is 4.00. The van der Waals surface area contributed by atoms with Crippen LogP contribution in [0.1, 0.15) is 50.5 Å². The summed E-state index contributed by atoms with van der Waals surface area (Å²) in [6.07, 6.45) is 1.77. The van der Waals surface area contributed by atoms with Crippen molar-refractivity contribution in [3.05, 3.63) is 33.8 Å². The van der Waals surface area contributed by atoms with Crippen LogP contribution >= 0.6 is 23.4 Å². The number of hydrogen-bond donors (Lipinski definition) is 1. The normalized spacial score (nSPS) is 18.2. The van der Waals surface area contributed by atoms with Crippen molar-refractivity contribution >= 4 is 53.3 Å². The molecule has 0 aromatic heterocycles. The van der Waals surface area contributed by atoms with E-state index in [1.165, 1.54) is 20.1 Å². The monoisotopic (exact) mass is 425 g/mol. The zero-order valence-electron chi connectivity index (χ0n) is 16.9. The molecule has 152 valence electrons. The molecule has 0 bridgehead atoms. The van der Waals surface area contributed by atoms with Gasteiger partial charge in [0, 0.05) is 23.4 Å². The van der Waals surface area contributed by atoms with Gasteiger partial charge in [0.05, 0.1) is 23.9 Å². The van der Waals surface area contributed by atoms with Gasteiger partial charge >= 0.3 is 13.1 Å². The van der Waals surface area contributed by atoms with E-state index in [0.29, 0.717) is 16.3 Å². The van der Waals surface area contributed by atoms with Gasteiger partial charge < -0.3 is 19.8 Å². The minimum absolute atomic E-state index is 0.0268. The maximum absolute atomic E-state index is 12.0. The van der Waals surface area contributed by atoms with Crippen LogP contribution < -0.4 is 5.73 Å². The number of hydrogen-bond acceptors (Lipinski definition) is 7. The Bertz CT molecular complexity index is 809. The Balaban J connectivity index is 2.48. The Labute approximate surface area is 175 Å². The number of methoxy groups -OCH3 is 1. The van der Waals surface area contributed by atoms with E-state index in [2.05, 4.69) is 0 Å². The molecule has 1 aromatic carbocycles. The molecule has 0 amide bonds. The first kappa shape index (κ1) is 22.8. The lowest BCUT2D eigenvalue weighted by atomic mass is 9.78. The molecule has 1 aliphatic heterocycles. The number of esters is 1. The third-order valence-corrected chi connectivity index (χ3v) is 6.12. The van der Waals surface area contributed by atoms with Gasteiger partial charge in [-0.3, -0.25) is 4.79 Å². The van der Waals surface area contributed by atoms with E-state index in [4.69, 9.17) is 31.4 Å². The van der Waals surface area contributed by atoms with Crippen LogP contribution in [0, 0.1) is 0 Å². The quantitative estimate of drug-likeness (QED) is 0.433. The molecule has 0 aliphatic carbocycles. The van der Waals surface area contributed by atoms with Gasteiger partial charge in [-0.2, -0.15) is 0 Å². The molecule has 1 saturated heterocycles. The van der Waals surface area contributed by atoms with Crippen molar-refractivity contribution in [3.8, 4) is 0 Å². The third kappa shape index (κ3) is 4.92. The zero-order chi connectivity index (χ0) is 21.3. The molecule has 2 N–H and O–H groups in total. The summed E-state index contributed by atoms with van der Waals surface area (Å²) >= 11 is 7.49. The molecule has 1 fully saturated rings. The summed E-state index contributed by atoms with van der Waals surface area (Å²) in [5, 5.41) is 0.341. The fourth-order valence-corrected chi connectivity index (χ4v) is 3.38. The number of ether oxygens (including phenoxy) is 1. The van der Waals surface area contributed by atoms with E-state index in [1.807, 2.05) is 27.7 Å². The van der Waals surface area contributed by atoms with Gasteiger partial charge in [0.15, 0.2) is 5.12 Å². The Morgan fingerprint density at radius 3 is 2.32 bits per heavy atom. The summed E-state index contributed by atoms with van der Waals surface area (Å²) in [6.45, 7) is 9.31. The van der Waals surface area contributed by atoms with Crippen molar-refractivity contribution < 1.29 is 23.6 Å². The van der Waals surface area contributed by atoms with E-state index in [1.54, 1.807) is 12.1 Å². The Hall–Kier alpha value is -1.48. The first-order valence-electron chi connectivity index (χ1n) is 8.75. The van der Waals surface area contributed by atoms with Crippen LogP contribution in [0.25, 0.3) is 6.08 Å². The first-order chi connectivity index (χ1) is 12.9. The average molecular weight is 426 g/mol. The Morgan fingerprint density at radius 2 is 1.82 bits per heavy atom. The highest BCUT2D eigenvalue weighted by Gasteiger charge is 2.52. The Morgan fingerprint density at radius 1 is 1.25 bits per heavy atom. The van der Waals surface area contributed by atoms with Crippen LogP contribution in [0.4, 0.5) is 5.69 Å². The van der Waals surface area contributed by atoms with Crippen molar-refractivity contribution in [2.75, 3.05) is 18.6 Å². The topological polar surface area (TPSA) is 87.9 Å². The van der Waals surface area contributed by atoms with Gasteiger partial charge in [0.2, 0.25) is 0 Å². The second kappa shape index (κ2) is 8.49. The number of thioether (sulfide) groups is 1. The molecule has 0 saturated carbocycles. The molecule has 0 atom stereocenters. The van der Waals surface area contributed by atoms with E-state index in [-0.39, 0.29) is 16.4 Å². The van der Waals surface area contributed by atoms with E-state index >= 15 is 0 Å². The largest absolute Gasteiger partial charge is 0.491 e. The number of nitrogens with two attached hydrogens (primary N) is 1. The van der Waals surface area contributed by atoms with Gasteiger partial charge in [-0.05, 0) is 50.9 Å². The highest BCUT2D eigenvalue weighted by Crippen LogP contribution is 2.40. The van der Waals surface area contributed by atoms with Crippen LogP contribution in [0.2, 0.25) is 5.02 Å². The molecule has 6 nitrogen and oxygen atoms in total. The van der Waals surface area contributed by atoms with Crippen LogP contribution in [-0.4, -0.2) is 42.3 Å². The number of carbonyl (C=O) groups excluding carboxylic acids is 2. The molecule has 28 heavy (non-hydrogen) atoms. The highest BCUT2D eigenvalue weighted by atomic mass is 35.5. The maximum Gasteiger partial charge on any atom is 0.491 e. The van der Waals surface area contributed by atoms with E-state index in [0.717, 1.165) is 17.2 Å². The van der Waals surface area contributed by atoms with Gasteiger partial charge in [0.1, 0.15) is 0 Å². The van der Waals surface area contributed by atoms with Crippen LogP contribution in [-0.2, 0) is 18.8 Å². The second-order valence-electron chi connectivity index (χ2n) is 7.54. The minimum atomic E-state index is -0.646. The van der Waals surface area contributed by atoms with Gasteiger partial charge in [-0.25, -0.2) is 4.79 Å². The van der Waals surface area contributed by atoms with Gasteiger partial charge in [0.25, 0.3) is 0 Å². The molecule has 1 aliphatic rings. The van der Waals surface area contributed by atoms with Crippen molar-refractivity contribution in [1.29, 1.82) is 0 Å². The summed E-state index contributed by atoms with van der Waals surface area (Å²) < 4.78 is 17.0. The molecule has 2 rings (SSSR count). The summed E-state index contributed by atoms with van der Waals surface area (Å²) in [7, 11) is 0.637. The number of benzene rings is 1.